The van der Waals surface area contributed by atoms with Crippen molar-refractivity contribution in [3.63, 3.8) is 0 Å². The topological polar surface area (TPSA) is 94.0 Å². The molecule has 2 aromatic heterocycles. The van der Waals surface area contributed by atoms with E-state index in [1.807, 2.05) is 0 Å². The van der Waals surface area contributed by atoms with Gasteiger partial charge in [-0.3, -0.25) is 9.48 Å². The number of cyclic esters (lactones) is 1. The molecule has 27 heavy (non-hydrogen) atoms. The van der Waals surface area contributed by atoms with Crippen LogP contribution in [0.1, 0.15) is 28.7 Å². The van der Waals surface area contributed by atoms with E-state index in [2.05, 4.69) is 25.7 Å². The molecule has 2 atom stereocenters. The fourth-order valence-corrected chi connectivity index (χ4v) is 3.26. The Morgan fingerprint density at radius 2 is 2.33 bits per heavy atom. The average Bonchev–Trinajstić information content (AvgIpc) is 3.06. The van der Waals surface area contributed by atoms with Gasteiger partial charge in [-0.15, -0.1) is 0 Å². The molecule has 144 valence electrons. The van der Waals surface area contributed by atoms with Crippen LogP contribution in [0.3, 0.4) is 0 Å². The summed E-state index contributed by atoms with van der Waals surface area (Å²) in [5.41, 5.74) is -1.79. The van der Waals surface area contributed by atoms with Gasteiger partial charge >= 0.3 is 12.1 Å². The minimum absolute atomic E-state index is 0.0690. The van der Waals surface area contributed by atoms with Crippen molar-refractivity contribution >= 4 is 23.6 Å². The Bertz CT molecular complexity index is 1010. The van der Waals surface area contributed by atoms with Crippen molar-refractivity contribution in [2.24, 2.45) is 12.9 Å². The number of anilines is 3. The Kier molecular flexibility index (Phi) is 3.07. The quantitative estimate of drug-likeness (QED) is 0.762. The van der Waals surface area contributed by atoms with Crippen molar-refractivity contribution in [2.45, 2.75) is 24.9 Å². The number of nitrogens with one attached hydrogen (secondary N) is 2. The molecule has 3 heterocycles. The van der Waals surface area contributed by atoms with Crippen LogP contribution in [0.2, 0.25) is 0 Å². The summed E-state index contributed by atoms with van der Waals surface area (Å²) in [7, 11) is 0. The van der Waals surface area contributed by atoms with Crippen LogP contribution in [0.15, 0.2) is 12.3 Å². The van der Waals surface area contributed by atoms with Gasteiger partial charge in [0.25, 0.3) is 0 Å². The van der Waals surface area contributed by atoms with Gasteiger partial charge in [0.2, 0.25) is 5.95 Å². The molecule has 8 nitrogen and oxygen atoms in total. The van der Waals surface area contributed by atoms with Crippen molar-refractivity contribution in [1.29, 1.82) is 0 Å². The molecule has 0 bridgehead atoms. The number of hydrogen-bond donors (Lipinski definition) is 2. The Labute approximate surface area is 156 Å². The summed E-state index contributed by atoms with van der Waals surface area (Å²) in [4.78, 5) is 19.6. The van der Waals surface area contributed by atoms with Crippen LogP contribution < -0.4 is 10.6 Å². The standard InChI is InChI=1S/C16H17F3N6O2/c1-3-20-12-9(16(17,18)19)6-21-14(23-12)22-11-4-10(24-25(11)2)15-5-8(15)7-27-13(15)26/h4,6,8H,3,5,7H2,1-2H3,(H2,20,21,22,23)/t8-,15-/m0/s1/i2D3. The lowest BCUT2D eigenvalue weighted by Crippen LogP contribution is -2.19. The van der Waals surface area contributed by atoms with Crippen LogP contribution in [0.5, 0.6) is 0 Å². The monoisotopic (exact) mass is 385 g/mol. The van der Waals surface area contributed by atoms with Gasteiger partial charge in [0, 0.05) is 35.8 Å². The summed E-state index contributed by atoms with van der Waals surface area (Å²) >= 11 is 0. The maximum absolute atomic E-state index is 13.1. The highest BCUT2D eigenvalue weighted by Crippen LogP contribution is 2.58. The molecule has 2 aromatic rings. The van der Waals surface area contributed by atoms with Gasteiger partial charge in [0.1, 0.15) is 22.6 Å². The van der Waals surface area contributed by atoms with E-state index >= 15 is 0 Å². The van der Waals surface area contributed by atoms with Crippen LogP contribution in [-0.4, -0.2) is 38.9 Å². The zero-order valence-corrected chi connectivity index (χ0v) is 14.1. The maximum atomic E-state index is 13.1. The SMILES string of the molecule is [2H]C([2H])([2H])n1nc([C@]23C[C@H]2COC3=O)cc1Nc1ncc(C(F)(F)F)c(NCC)n1. The maximum Gasteiger partial charge on any atom is 0.421 e. The number of rotatable bonds is 5. The second kappa shape index (κ2) is 5.83. The molecule has 0 amide bonds. The second-order valence-corrected chi connectivity index (χ2v) is 6.41. The molecule has 0 aromatic carbocycles. The smallest absolute Gasteiger partial charge is 0.421 e. The van der Waals surface area contributed by atoms with E-state index in [1.54, 1.807) is 6.92 Å². The predicted octanol–water partition coefficient (Wildman–Crippen LogP) is 2.22. The summed E-state index contributed by atoms with van der Waals surface area (Å²) in [6, 6.07) is 1.37. The summed E-state index contributed by atoms with van der Waals surface area (Å²) in [6.07, 6.45) is -3.55. The van der Waals surface area contributed by atoms with Gasteiger partial charge in [-0.05, 0) is 13.3 Å². The van der Waals surface area contributed by atoms with Crippen molar-refractivity contribution in [3.8, 4) is 0 Å². The van der Waals surface area contributed by atoms with Crippen LogP contribution in [0.25, 0.3) is 0 Å². The van der Waals surface area contributed by atoms with Crippen LogP contribution in [0.4, 0.5) is 30.8 Å². The number of aromatic nitrogens is 4. The lowest BCUT2D eigenvalue weighted by atomic mass is 10.0. The molecule has 4 rings (SSSR count). The molecule has 1 saturated heterocycles. The van der Waals surface area contributed by atoms with Crippen molar-refractivity contribution in [1.82, 2.24) is 19.7 Å². The van der Waals surface area contributed by atoms with Crippen LogP contribution in [0, 0.1) is 5.92 Å². The molecular formula is C16H17F3N6O2. The normalized spacial score (nSPS) is 25.9. The summed E-state index contributed by atoms with van der Waals surface area (Å²) in [6.45, 7) is -0.670. The Hall–Kier alpha value is -2.85. The minimum Gasteiger partial charge on any atom is -0.465 e. The highest BCUT2D eigenvalue weighted by atomic mass is 19.4. The summed E-state index contributed by atoms with van der Waals surface area (Å²) < 4.78 is 68.2. The van der Waals surface area contributed by atoms with Gasteiger partial charge < -0.3 is 15.4 Å². The van der Waals surface area contributed by atoms with Gasteiger partial charge in [0.15, 0.2) is 0 Å². The number of esters is 1. The van der Waals surface area contributed by atoms with Gasteiger partial charge in [-0.2, -0.15) is 23.3 Å². The molecule has 2 fully saturated rings. The molecule has 1 aliphatic heterocycles. The van der Waals surface area contributed by atoms with Crippen molar-refractivity contribution in [3.05, 3.63) is 23.5 Å². The number of carbonyl (C=O) groups is 1. The first-order chi connectivity index (χ1) is 14.0. The number of nitrogens with zero attached hydrogens (tertiary/aromatic N) is 4. The average molecular weight is 385 g/mol. The number of fused-ring (bicyclic) bond motifs is 1. The van der Waals surface area contributed by atoms with Crippen molar-refractivity contribution < 1.29 is 26.8 Å². The molecule has 1 aliphatic carbocycles. The molecule has 2 N–H and O–H groups in total. The van der Waals surface area contributed by atoms with E-state index in [0.717, 1.165) is 0 Å². The van der Waals surface area contributed by atoms with Crippen LogP contribution >= 0.6 is 0 Å². The molecule has 0 radical (unpaired) electrons. The molecule has 2 aliphatic rings. The Morgan fingerprint density at radius 3 is 2.93 bits per heavy atom. The highest BCUT2D eigenvalue weighted by molar-refractivity contribution is 5.89. The largest absolute Gasteiger partial charge is 0.465 e. The number of aryl methyl sites for hydroxylation is 1. The van der Waals surface area contributed by atoms with E-state index in [9.17, 15) is 18.0 Å². The van der Waals surface area contributed by atoms with Gasteiger partial charge in [-0.25, -0.2) is 4.98 Å². The minimum atomic E-state index is -4.66. The second-order valence-electron chi connectivity index (χ2n) is 6.41. The molecule has 1 saturated carbocycles. The third kappa shape index (κ3) is 2.77. The first kappa shape index (κ1) is 14.2. The zero-order valence-electron chi connectivity index (χ0n) is 17.1. The molecular weight excluding hydrogens is 365 g/mol. The number of carbonyl (C=O) groups excluding carboxylic acids is 1. The third-order valence-corrected chi connectivity index (χ3v) is 4.73. The number of halogens is 3. The predicted molar refractivity (Wildman–Crippen MR) is 88.4 cm³/mol. The number of ether oxygens (including phenoxy) is 1. The number of alkyl halides is 3. The van der Waals surface area contributed by atoms with E-state index < -0.39 is 35.9 Å². The fourth-order valence-electron chi connectivity index (χ4n) is 3.26. The molecule has 0 unspecified atom stereocenters. The summed E-state index contributed by atoms with van der Waals surface area (Å²) in [5, 5.41) is 9.20. The fraction of sp³-hybridized carbons (Fsp3) is 0.500. The first-order valence-corrected chi connectivity index (χ1v) is 8.20. The van der Waals surface area contributed by atoms with E-state index in [4.69, 9.17) is 8.85 Å². The van der Waals surface area contributed by atoms with Crippen LogP contribution in [-0.2, 0) is 28.1 Å². The van der Waals surface area contributed by atoms with E-state index in [1.165, 1.54) is 6.07 Å². The Balaban J connectivity index is 1.71. The van der Waals surface area contributed by atoms with Gasteiger partial charge in [0.05, 0.1) is 12.3 Å². The van der Waals surface area contributed by atoms with Gasteiger partial charge in [-0.1, -0.05) is 0 Å². The third-order valence-electron chi connectivity index (χ3n) is 4.73. The van der Waals surface area contributed by atoms with E-state index in [0.29, 0.717) is 17.3 Å². The van der Waals surface area contributed by atoms with E-state index in [-0.39, 0.29) is 36.5 Å². The highest BCUT2D eigenvalue weighted by Gasteiger charge is 2.68. The lowest BCUT2D eigenvalue weighted by molar-refractivity contribution is -0.142. The molecule has 0 spiro atoms. The summed E-state index contributed by atoms with van der Waals surface area (Å²) in [5.74, 6) is -1.31. The first-order valence-electron chi connectivity index (χ1n) is 9.70. The Morgan fingerprint density at radius 1 is 1.52 bits per heavy atom. The molecule has 11 heteroatoms. The zero-order chi connectivity index (χ0) is 21.9. The lowest BCUT2D eigenvalue weighted by Gasteiger charge is -2.13. The number of hydrogen-bond acceptors (Lipinski definition) is 7. The van der Waals surface area contributed by atoms with Crippen molar-refractivity contribution in [2.75, 3.05) is 23.8 Å².